The summed E-state index contributed by atoms with van der Waals surface area (Å²) in [6.07, 6.45) is 1.55. The van der Waals surface area contributed by atoms with E-state index in [1.54, 1.807) is 6.20 Å². The Hall–Kier alpha value is -0.840. The zero-order valence-corrected chi connectivity index (χ0v) is 7.60. The van der Waals surface area contributed by atoms with Crippen LogP contribution in [-0.4, -0.2) is 22.6 Å². The molecule has 0 atom stereocenters. The molecule has 0 aliphatic carbocycles. The minimum atomic E-state index is -0.142. The molecule has 4 nitrogen and oxygen atoms in total. The molecule has 0 bridgehead atoms. The summed E-state index contributed by atoms with van der Waals surface area (Å²) in [5.41, 5.74) is 0.465. The molecule has 0 fully saturated rings. The summed E-state index contributed by atoms with van der Waals surface area (Å²) in [4.78, 5) is 11.1. The third kappa shape index (κ3) is 1.80. The molecule has 1 amide bonds. The third-order valence-corrected chi connectivity index (χ3v) is 1.76. The van der Waals surface area contributed by atoms with E-state index >= 15 is 0 Å². The lowest BCUT2D eigenvalue weighted by Crippen LogP contribution is -2.23. The molecule has 1 heterocycles. The van der Waals surface area contributed by atoms with Crippen molar-refractivity contribution in [3.8, 4) is 0 Å². The molecular weight excluding hydrogens is 210 g/mol. The van der Waals surface area contributed by atoms with Crippen LogP contribution in [0.2, 0.25) is 0 Å². The van der Waals surface area contributed by atoms with Crippen LogP contribution < -0.4 is 5.32 Å². The van der Waals surface area contributed by atoms with Gasteiger partial charge >= 0.3 is 0 Å². The van der Waals surface area contributed by atoms with Crippen LogP contribution in [0.25, 0.3) is 0 Å². The topological polar surface area (TPSA) is 57.8 Å². The molecule has 2 N–H and O–H groups in total. The van der Waals surface area contributed by atoms with Crippen molar-refractivity contribution in [2.24, 2.45) is 0 Å². The molecular formula is C6H8BrN3O. The summed E-state index contributed by atoms with van der Waals surface area (Å²) in [5.74, 6) is -0.142. The van der Waals surface area contributed by atoms with Crippen molar-refractivity contribution in [3.63, 3.8) is 0 Å². The minimum absolute atomic E-state index is 0.142. The smallest absolute Gasteiger partial charge is 0.270 e. The van der Waals surface area contributed by atoms with E-state index in [-0.39, 0.29) is 5.91 Å². The first-order valence-electron chi connectivity index (χ1n) is 3.22. The second-order valence-electron chi connectivity index (χ2n) is 1.95. The first-order valence-corrected chi connectivity index (χ1v) is 4.02. The number of nitrogens with one attached hydrogen (secondary N) is 2. The molecule has 0 aliphatic heterocycles. The Morgan fingerprint density at radius 3 is 3.09 bits per heavy atom. The number of aromatic nitrogens is 2. The summed E-state index contributed by atoms with van der Waals surface area (Å²) < 4.78 is 0.684. The predicted molar refractivity (Wildman–Crippen MR) is 44.3 cm³/mol. The van der Waals surface area contributed by atoms with Crippen molar-refractivity contribution in [1.82, 2.24) is 15.5 Å². The molecule has 0 radical (unpaired) electrons. The highest BCUT2D eigenvalue weighted by Crippen LogP contribution is 2.11. The highest BCUT2D eigenvalue weighted by molar-refractivity contribution is 9.10. The van der Waals surface area contributed by atoms with E-state index in [0.717, 1.165) is 0 Å². The lowest BCUT2D eigenvalue weighted by atomic mass is 10.4. The van der Waals surface area contributed by atoms with Crippen LogP contribution in [0.1, 0.15) is 17.4 Å². The van der Waals surface area contributed by atoms with Gasteiger partial charge in [0.25, 0.3) is 5.91 Å². The second-order valence-corrected chi connectivity index (χ2v) is 2.81. The van der Waals surface area contributed by atoms with Crippen molar-refractivity contribution in [1.29, 1.82) is 0 Å². The number of carbonyl (C=O) groups excluding carboxylic acids is 1. The summed E-state index contributed by atoms with van der Waals surface area (Å²) in [7, 11) is 0. The molecule has 11 heavy (non-hydrogen) atoms. The van der Waals surface area contributed by atoms with Gasteiger partial charge in [0.05, 0.1) is 10.7 Å². The molecule has 0 aliphatic rings. The monoisotopic (exact) mass is 217 g/mol. The highest BCUT2D eigenvalue weighted by Gasteiger charge is 2.09. The number of hydrogen-bond acceptors (Lipinski definition) is 2. The fourth-order valence-electron chi connectivity index (χ4n) is 0.680. The number of hydrogen-bond donors (Lipinski definition) is 2. The summed E-state index contributed by atoms with van der Waals surface area (Å²) in [6, 6.07) is 0. The Morgan fingerprint density at radius 1 is 1.91 bits per heavy atom. The lowest BCUT2D eigenvalue weighted by molar-refractivity contribution is 0.0950. The van der Waals surface area contributed by atoms with E-state index in [0.29, 0.717) is 16.7 Å². The number of amides is 1. The first kappa shape index (κ1) is 8.26. The number of aromatic amines is 1. The van der Waals surface area contributed by atoms with Gasteiger partial charge in [-0.15, -0.1) is 0 Å². The van der Waals surface area contributed by atoms with Crippen LogP contribution in [0.5, 0.6) is 0 Å². The zero-order chi connectivity index (χ0) is 8.27. The minimum Gasteiger partial charge on any atom is -0.351 e. The average molecular weight is 218 g/mol. The van der Waals surface area contributed by atoms with Gasteiger partial charge in [0.2, 0.25) is 0 Å². The van der Waals surface area contributed by atoms with Crippen molar-refractivity contribution in [2.45, 2.75) is 6.92 Å². The summed E-state index contributed by atoms with van der Waals surface area (Å²) >= 11 is 3.18. The molecule has 60 valence electrons. The van der Waals surface area contributed by atoms with Gasteiger partial charge in [-0.25, -0.2) is 0 Å². The SMILES string of the molecule is CCNC(=O)c1[nH]ncc1Br. The largest absolute Gasteiger partial charge is 0.351 e. The Bertz CT molecular complexity index is 258. The van der Waals surface area contributed by atoms with Crippen LogP contribution in [-0.2, 0) is 0 Å². The molecule has 0 spiro atoms. The molecule has 0 saturated carbocycles. The fourth-order valence-corrected chi connectivity index (χ4v) is 1.05. The molecule has 0 aromatic carbocycles. The van der Waals surface area contributed by atoms with Gasteiger partial charge < -0.3 is 5.32 Å². The maximum absolute atomic E-state index is 11.1. The molecule has 1 aromatic rings. The van der Waals surface area contributed by atoms with E-state index in [1.165, 1.54) is 0 Å². The average Bonchev–Trinajstić information content (AvgIpc) is 2.36. The van der Waals surface area contributed by atoms with Crippen LogP contribution in [0.4, 0.5) is 0 Å². The predicted octanol–water partition coefficient (Wildman–Crippen LogP) is 0.922. The van der Waals surface area contributed by atoms with Crippen molar-refractivity contribution >= 4 is 21.8 Å². The van der Waals surface area contributed by atoms with E-state index in [4.69, 9.17) is 0 Å². The Morgan fingerprint density at radius 2 is 2.64 bits per heavy atom. The third-order valence-electron chi connectivity index (χ3n) is 1.16. The van der Waals surface area contributed by atoms with Crippen molar-refractivity contribution < 1.29 is 4.79 Å². The van der Waals surface area contributed by atoms with Gasteiger partial charge in [-0.1, -0.05) is 0 Å². The molecule has 0 saturated heterocycles. The normalized spacial score (nSPS) is 9.64. The Balaban J connectivity index is 2.76. The molecule has 5 heteroatoms. The first-order chi connectivity index (χ1) is 5.25. The van der Waals surface area contributed by atoms with Crippen molar-refractivity contribution in [3.05, 3.63) is 16.4 Å². The van der Waals surface area contributed by atoms with E-state index in [2.05, 4.69) is 31.4 Å². The van der Waals surface area contributed by atoms with Gasteiger partial charge in [0.1, 0.15) is 5.69 Å². The van der Waals surface area contributed by atoms with Gasteiger partial charge in [0.15, 0.2) is 0 Å². The maximum Gasteiger partial charge on any atom is 0.270 e. The molecule has 0 unspecified atom stereocenters. The van der Waals surface area contributed by atoms with Gasteiger partial charge in [-0.05, 0) is 22.9 Å². The van der Waals surface area contributed by atoms with E-state index in [1.807, 2.05) is 6.92 Å². The standard InChI is InChI=1S/C6H8BrN3O/c1-2-8-6(11)5-4(7)3-9-10-5/h3H,2H2,1H3,(H,8,11)(H,9,10). The van der Waals surface area contributed by atoms with Gasteiger partial charge in [0, 0.05) is 6.54 Å². The second kappa shape index (κ2) is 3.52. The van der Waals surface area contributed by atoms with Crippen LogP contribution in [0.3, 0.4) is 0 Å². The number of H-pyrrole nitrogens is 1. The molecule has 1 rings (SSSR count). The van der Waals surface area contributed by atoms with Crippen LogP contribution in [0.15, 0.2) is 10.7 Å². The van der Waals surface area contributed by atoms with Crippen LogP contribution >= 0.6 is 15.9 Å². The number of rotatable bonds is 2. The Kier molecular flexibility index (Phi) is 2.64. The van der Waals surface area contributed by atoms with Gasteiger partial charge in [-0.3, -0.25) is 9.89 Å². The summed E-state index contributed by atoms with van der Waals surface area (Å²) in [6.45, 7) is 2.48. The maximum atomic E-state index is 11.1. The lowest BCUT2D eigenvalue weighted by Gasteiger charge is -1.97. The van der Waals surface area contributed by atoms with Gasteiger partial charge in [-0.2, -0.15) is 5.10 Å². The van der Waals surface area contributed by atoms with Crippen LogP contribution in [0, 0.1) is 0 Å². The highest BCUT2D eigenvalue weighted by atomic mass is 79.9. The number of carbonyl (C=O) groups is 1. The quantitative estimate of drug-likeness (QED) is 0.775. The fraction of sp³-hybridized carbons (Fsp3) is 0.333. The molecule has 1 aromatic heterocycles. The number of halogens is 1. The van der Waals surface area contributed by atoms with E-state index in [9.17, 15) is 4.79 Å². The Labute approximate surface area is 72.5 Å². The number of nitrogens with zero attached hydrogens (tertiary/aromatic N) is 1. The van der Waals surface area contributed by atoms with E-state index < -0.39 is 0 Å². The summed E-state index contributed by atoms with van der Waals surface area (Å²) in [5, 5.41) is 8.92. The zero-order valence-electron chi connectivity index (χ0n) is 6.02. The van der Waals surface area contributed by atoms with Crippen molar-refractivity contribution in [2.75, 3.05) is 6.54 Å².